The summed E-state index contributed by atoms with van der Waals surface area (Å²) in [5, 5.41) is 5.42. The second-order valence-electron chi connectivity index (χ2n) is 7.54. The largest absolute Gasteiger partial charge is 0.324 e. The number of rotatable bonds is 6. The predicted octanol–water partition coefficient (Wildman–Crippen LogP) is 5.46. The van der Waals surface area contributed by atoms with E-state index in [9.17, 15) is 4.79 Å². The monoisotopic (exact) mass is 404 g/mol. The van der Waals surface area contributed by atoms with Gasteiger partial charge in [0.25, 0.3) is 0 Å². The van der Waals surface area contributed by atoms with Gasteiger partial charge in [0.2, 0.25) is 5.91 Å². The molecule has 3 nitrogen and oxygen atoms in total. The number of carbonyl (C=O) groups excluding carboxylic acids is 1. The number of nitrogens with one attached hydrogen (secondary N) is 1. The Labute approximate surface area is 177 Å². The first-order valence-electron chi connectivity index (χ1n) is 10.5. The van der Waals surface area contributed by atoms with Crippen LogP contribution in [0.5, 0.6) is 0 Å². The lowest BCUT2D eigenvalue weighted by atomic mass is 9.93. The summed E-state index contributed by atoms with van der Waals surface area (Å²) in [5.41, 5.74) is 6.02. The highest BCUT2D eigenvalue weighted by atomic mass is 32.1. The van der Waals surface area contributed by atoms with Gasteiger partial charge in [-0.15, -0.1) is 11.3 Å². The van der Waals surface area contributed by atoms with Gasteiger partial charge in [-0.1, -0.05) is 62.4 Å². The zero-order valence-electron chi connectivity index (χ0n) is 17.2. The molecule has 1 amide bonds. The summed E-state index contributed by atoms with van der Waals surface area (Å²) in [4.78, 5) is 16.9. The molecule has 1 aromatic heterocycles. The molecule has 1 N–H and O–H groups in total. The molecule has 29 heavy (non-hydrogen) atoms. The molecular formula is C25H28N2OS. The Morgan fingerprint density at radius 3 is 2.45 bits per heavy atom. The van der Waals surface area contributed by atoms with Crippen LogP contribution in [0.1, 0.15) is 47.0 Å². The van der Waals surface area contributed by atoms with Gasteiger partial charge in [0.1, 0.15) is 0 Å². The van der Waals surface area contributed by atoms with Crippen LogP contribution in [0.4, 0.5) is 5.69 Å². The lowest BCUT2D eigenvalue weighted by Crippen LogP contribution is -2.40. The number of para-hydroxylation sites is 1. The van der Waals surface area contributed by atoms with E-state index in [0.717, 1.165) is 31.5 Å². The fourth-order valence-corrected chi connectivity index (χ4v) is 5.23. The van der Waals surface area contributed by atoms with Crippen LogP contribution in [0, 0.1) is 0 Å². The van der Waals surface area contributed by atoms with Crippen molar-refractivity contribution in [1.29, 1.82) is 0 Å². The number of hydrogen-bond donors (Lipinski definition) is 1. The molecule has 0 unspecified atom stereocenters. The molecule has 3 aromatic rings. The molecule has 2 aromatic carbocycles. The van der Waals surface area contributed by atoms with Gasteiger partial charge in [0.05, 0.1) is 12.6 Å². The van der Waals surface area contributed by atoms with Crippen LogP contribution in [-0.2, 0) is 24.1 Å². The van der Waals surface area contributed by atoms with Crippen molar-refractivity contribution in [3.63, 3.8) is 0 Å². The molecule has 2 heterocycles. The van der Waals surface area contributed by atoms with Gasteiger partial charge in [-0.05, 0) is 53.0 Å². The maximum atomic E-state index is 13.1. The van der Waals surface area contributed by atoms with Crippen molar-refractivity contribution in [2.24, 2.45) is 0 Å². The Morgan fingerprint density at radius 2 is 1.76 bits per heavy atom. The van der Waals surface area contributed by atoms with Crippen LogP contribution in [0.3, 0.4) is 0 Å². The van der Waals surface area contributed by atoms with Crippen molar-refractivity contribution in [1.82, 2.24) is 4.90 Å². The topological polar surface area (TPSA) is 32.3 Å². The molecule has 0 saturated heterocycles. The minimum Gasteiger partial charge on any atom is -0.324 e. The van der Waals surface area contributed by atoms with Crippen LogP contribution in [0.25, 0.3) is 0 Å². The van der Waals surface area contributed by atoms with Gasteiger partial charge in [-0.25, -0.2) is 0 Å². The second-order valence-corrected chi connectivity index (χ2v) is 8.54. The summed E-state index contributed by atoms with van der Waals surface area (Å²) < 4.78 is 0. The van der Waals surface area contributed by atoms with Crippen molar-refractivity contribution >= 4 is 22.9 Å². The first-order chi connectivity index (χ1) is 14.2. The molecule has 0 saturated carbocycles. The Morgan fingerprint density at radius 1 is 1.03 bits per heavy atom. The smallest absolute Gasteiger partial charge is 0.238 e. The van der Waals surface area contributed by atoms with Crippen molar-refractivity contribution in [2.45, 2.75) is 39.2 Å². The summed E-state index contributed by atoms with van der Waals surface area (Å²) >= 11 is 1.83. The quantitative estimate of drug-likeness (QED) is 0.592. The number of hydrogen-bond acceptors (Lipinski definition) is 3. The number of anilines is 1. The molecule has 0 aliphatic carbocycles. The van der Waals surface area contributed by atoms with Crippen LogP contribution < -0.4 is 5.32 Å². The molecule has 0 radical (unpaired) electrons. The van der Waals surface area contributed by atoms with Crippen molar-refractivity contribution in [3.05, 3.63) is 87.1 Å². The second kappa shape index (κ2) is 8.93. The van der Waals surface area contributed by atoms with Gasteiger partial charge in [0, 0.05) is 17.1 Å². The van der Waals surface area contributed by atoms with Crippen molar-refractivity contribution in [2.75, 3.05) is 18.4 Å². The molecule has 0 spiro atoms. The molecule has 4 heteroatoms. The average Bonchev–Trinajstić information content (AvgIpc) is 3.23. The minimum absolute atomic E-state index is 0.0696. The molecule has 1 aliphatic rings. The molecular weight excluding hydrogens is 376 g/mol. The molecule has 0 fully saturated rings. The predicted molar refractivity (Wildman–Crippen MR) is 122 cm³/mol. The van der Waals surface area contributed by atoms with Crippen LogP contribution in [-0.4, -0.2) is 23.9 Å². The Hall–Kier alpha value is -2.43. The average molecular weight is 405 g/mol. The van der Waals surface area contributed by atoms with Gasteiger partial charge >= 0.3 is 0 Å². The number of thiophene rings is 1. The van der Waals surface area contributed by atoms with Crippen LogP contribution >= 0.6 is 11.3 Å². The van der Waals surface area contributed by atoms with Crippen LogP contribution in [0.2, 0.25) is 0 Å². The number of fused-ring (bicyclic) bond motifs is 1. The third kappa shape index (κ3) is 4.14. The highest BCUT2D eigenvalue weighted by Gasteiger charge is 2.30. The van der Waals surface area contributed by atoms with Gasteiger partial charge < -0.3 is 5.32 Å². The molecule has 1 aliphatic heterocycles. The number of aryl methyl sites for hydroxylation is 2. The molecule has 1 atom stereocenters. The summed E-state index contributed by atoms with van der Waals surface area (Å²) in [6, 6.07) is 19.2. The molecule has 4 rings (SSSR count). The van der Waals surface area contributed by atoms with E-state index in [1.807, 2.05) is 17.4 Å². The number of amides is 1. The van der Waals surface area contributed by atoms with Crippen molar-refractivity contribution in [3.8, 4) is 0 Å². The third-order valence-corrected chi connectivity index (χ3v) is 6.79. The Kier molecular flexibility index (Phi) is 6.12. The highest BCUT2D eigenvalue weighted by Crippen LogP contribution is 2.37. The maximum Gasteiger partial charge on any atom is 0.238 e. The van der Waals surface area contributed by atoms with E-state index in [1.54, 1.807) is 0 Å². The normalized spacial score (nSPS) is 16.4. The third-order valence-electron chi connectivity index (χ3n) is 5.79. The number of nitrogens with zero attached hydrogens (tertiary/aromatic N) is 1. The maximum absolute atomic E-state index is 13.1. The summed E-state index contributed by atoms with van der Waals surface area (Å²) in [6.07, 6.45) is 2.84. The first kappa shape index (κ1) is 19.9. The lowest BCUT2D eigenvalue weighted by Gasteiger charge is -2.35. The summed E-state index contributed by atoms with van der Waals surface area (Å²) in [6.45, 7) is 5.57. The highest BCUT2D eigenvalue weighted by molar-refractivity contribution is 7.10. The Bertz CT molecular complexity index is 957. The standard InChI is InChI=1S/C25H28N2OS/c1-3-18-11-8-12-19(4-2)24(18)26-23(28)17-27-15-13-22-21(14-16-29-22)25(27)20-9-6-5-7-10-20/h5-12,14,16,25H,3-4,13,15,17H2,1-2H3,(H,26,28)/t25-/m1/s1. The Balaban J connectivity index is 1.58. The first-order valence-corrected chi connectivity index (χ1v) is 11.3. The number of benzene rings is 2. The fraction of sp³-hybridized carbons (Fsp3) is 0.320. The van der Waals surface area contributed by atoms with Gasteiger partial charge in [0.15, 0.2) is 0 Å². The molecule has 150 valence electrons. The SMILES string of the molecule is CCc1cccc(CC)c1NC(=O)CN1CCc2sccc2[C@H]1c1ccccc1. The summed E-state index contributed by atoms with van der Waals surface area (Å²) in [7, 11) is 0. The van der Waals surface area contributed by atoms with E-state index in [-0.39, 0.29) is 11.9 Å². The van der Waals surface area contributed by atoms with Crippen molar-refractivity contribution < 1.29 is 4.79 Å². The van der Waals surface area contributed by atoms with Gasteiger partial charge in [-0.3, -0.25) is 9.69 Å². The van der Waals surface area contributed by atoms with E-state index in [4.69, 9.17) is 0 Å². The van der Waals surface area contributed by atoms with Crippen LogP contribution in [0.15, 0.2) is 60.0 Å². The lowest BCUT2D eigenvalue weighted by molar-refractivity contribution is -0.117. The number of carbonyl (C=O) groups is 1. The molecule has 0 bridgehead atoms. The fourth-order valence-electron chi connectivity index (χ4n) is 4.33. The van der Waals surface area contributed by atoms with E-state index < -0.39 is 0 Å². The minimum atomic E-state index is 0.0696. The van der Waals surface area contributed by atoms with Gasteiger partial charge in [-0.2, -0.15) is 0 Å². The summed E-state index contributed by atoms with van der Waals surface area (Å²) in [5.74, 6) is 0.0696. The van der Waals surface area contributed by atoms with E-state index in [0.29, 0.717) is 6.54 Å². The van der Waals surface area contributed by atoms with E-state index >= 15 is 0 Å². The zero-order valence-corrected chi connectivity index (χ0v) is 18.0. The van der Waals surface area contributed by atoms with E-state index in [1.165, 1.54) is 27.1 Å². The van der Waals surface area contributed by atoms with E-state index in [2.05, 4.69) is 78.0 Å². The zero-order chi connectivity index (χ0) is 20.2.